The van der Waals surface area contributed by atoms with Crippen LogP contribution in [0.4, 0.5) is 5.69 Å². The molecule has 1 aromatic carbocycles. The lowest BCUT2D eigenvalue weighted by Gasteiger charge is -2.28. The van der Waals surface area contributed by atoms with Gasteiger partial charge in [-0.25, -0.2) is 0 Å². The first-order valence-corrected chi connectivity index (χ1v) is 11.4. The number of aliphatic hydroxyl groups excluding tert-OH is 1. The third-order valence-corrected chi connectivity index (χ3v) is 6.51. The van der Waals surface area contributed by atoms with Crippen molar-refractivity contribution in [1.82, 2.24) is 19.8 Å². The normalized spacial score (nSPS) is 17.6. The third-order valence-electron chi connectivity index (χ3n) is 6.16. The van der Waals surface area contributed by atoms with E-state index in [0.29, 0.717) is 29.5 Å². The molecule has 2 aromatic heterocycles. The van der Waals surface area contributed by atoms with Crippen molar-refractivity contribution in [3.63, 3.8) is 0 Å². The van der Waals surface area contributed by atoms with E-state index in [-0.39, 0.29) is 24.4 Å². The van der Waals surface area contributed by atoms with Gasteiger partial charge in [0, 0.05) is 42.9 Å². The number of hydrogen-bond donors (Lipinski definition) is 2. The van der Waals surface area contributed by atoms with E-state index in [2.05, 4.69) is 21.3 Å². The molecule has 0 aliphatic carbocycles. The first-order chi connectivity index (χ1) is 16.4. The van der Waals surface area contributed by atoms with Crippen molar-refractivity contribution < 1.29 is 14.8 Å². The summed E-state index contributed by atoms with van der Waals surface area (Å²) in [7, 11) is 1.55. The second kappa shape index (κ2) is 9.78. The average molecular weight is 482 g/mol. The highest BCUT2D eigenvalue weighted by Crippen LogP contribution is 2.42. The van der Waals surface area contributed by atoms with Crippen molar-refractivity contribution in [2.24, 2.45) is 0 Å². The molecule has 2 N–H and O–H groups in total. The maximum absolute atomic E-state index is 11.4. The lowest BCUT2D eigenvalue weighted by Crippen LogP contribution is -2.31. The number of ether oxygens (including phenoxy) is 1. The number of benzene rings is 1. The Morgan fingerprint density at radius 3 is 2.71 bits per heavy atom. The Hall–Kier alpha value is -3.50. The summed E-state index contributed by atoms with van der Waals surface area (Å²) in [4.78, 5) is 17.7. The zero-order valence-electron chi connectivity index (χ0n) is 19.3. The largest absolute Gasteiger partial charge is 0.495 e. The molecule has 1 saturated heterocycles. The Bertz CT molecular complexity index is 1210. The first kappa shape index (κ1) is 23.7. The number of nitro benzene ring substituents is 1. The molecule has 2 atom stereocenters. The maximum atomic E-state index is 11.4. The van der Waals surface area contributed by atoms with Gasteiger partial charge in [0.05, 0.1) is 35.5 Å². The van der Waals surface area contributed by atoms with Gasteiger partial charge in [0.1, 0.15) is 5.75 Å². The second-order valence-corrected chi connectivity index (χ2v) is 8.56. The predicted molar refractivity (Wildman–Crippen MR) is 132 cm³/mol. The molecule has 3 aromatic rings. The summed E-state index contributed by atoms with van der Waals surface area (Å²) in [5.41, 5.74) is 4.30. The van der Waals surface area contributed by atoms with Gasteiger partial charge in [-0.15, -0.1) is 0 Å². The van der Waals surface area contributed by atoms with Gasteiger partial charge in [-0.3, -0.25) is 15.1 Å². The van der Waals surface area contributed by atoms with Crippen molar-refractivity contribution in [2.75, 3.05) is 20.3 Å². The summed E-state index contributed by atoms with van der Waals surface area (Å²) in [6.45, 7) is 4.59. The van der Waals surface area contributed by atoms with Crippen molar-refractivity contribution in [3.8, 4) is 11.4 Å². The number of rotatable bonds is 8. The van der Waals surface area contributed by atoms with Gasteiger partial charge < -0.3 is 24.6 Å². The fraction of sp³-hybridized carbons (Fsp3) is 0.333. The number of methoxy groups -OCH3 is 1. The number of pyridine rings is 1. The molecule has 178 valence electrons. The number of non-ortho nitro benzene ring substituents is 1. The molecule has 34 heavy (non-hydrogen) atoms. The van der Waals surface area contributed by atoms with E-state index in [1.807, 2.05) is 36.6 Å². The van der Waals surface area contributed by atoms with E-state index < -0.39 is 4.92 Å². The molecule has 3 heterocycles. The van der Waals surface area contributed by atoms with Crippen LogP contribution in [0.2, 0.25) is 0 Å². The monoisotopic (exact) mass is 481 g/mol. The summed E-state index contributed by atoms with van der Waals surface area (Å²) in [6.07, 6.45) is 2.33. The number of nitrogens with one attached hydrogen (secondary N) is 1. The Labute approximate surface area is 203 Å². The third kappa shape index (κ3) is 4.22. The molecule has 9 nitrogen and oxygen atoms in total. The van der Waals surface area contributed by atoms with Crippen molar-refractivity contribution in [1.29, 1.82) is 0 Å². The van der Waals surface area contributed by atoms with Gasteiger partial charge in [0.25, 0.3) is 5.69 Å². The Morgan fingerprint density at radius 2 is 2.06 bits per heavy atom. The quantitative estimate of drug-likeness (QED) is 0.285. The summed E-state index contributed by atoms with van der Waals surface area (Å²) in [5.74, 6) is 0.539. The van der Waals surface area contributed by atoms with Crippen LogP contribution in [0, 0.1) is 24.0 Å². The summed E-state index contributed by atoms with van der Waals surface area (Å²) >= 11 is 5.67. The number of aromatic nitrogens is 2. The van der Waals surface area contributed by atoms with E-state index in [4.69, 9.17) is 17.0 Å². The highest BCUT2D eigenvalue weighted by Gasteiger charge is 2.41. The van der Waals surface area contributed by atoms with E-state index in [9.17, 15) is 15.2 Å². The molecular formula is C24H27N5O4S. The van der Waals surface area contributed by atoms with Crippen LogP contribution in [0.3, 0.4) is 0 Å². The lowest BCUT2D eigenvalue weighted by atomic mass is 9.96. The van der Waals surface area contributed by atoms with Crippen LogP contribution in [0.1, 0.15) is 41.1 Å². The highest BCUT2D eigenvalue weighted by atomic mass is 32.1. The fourth-order valence-electron chi connectivity index (χ4n) is 4.65. The van der Waals surface area contributed by atoms with Crippen LogP contribution in [0.15, 0.2) is 48.7 Å². The van der Waals surface area contributed by atoms with Crippen molar-refractivity contribution in [2.45, 2.75) is 32.4 Å². The van der Waals surface area contributed by atoms with Crippen LogP contribution in [0.5, 0.6) is 5.75 Å². The molecule has 10 heteroatoms. The van der Waals surface area contributed by atoms with Gasteiger partial charge in [-0.1, -0.05) is 6.07 Å². The van der Waals surface area contributed by atoms with E-state index >= 15 is 0 Å². The summed E-state index contributed by atoms with van der Waals surface area (Å²) in [5, 5.41) is 24.9. The number of aryl methyl sites for hydroxylation is 1. The van der Waals surface area contributed by atoms with E-state index in [1.54, 1.807) is 19.4 Å². The summed E-state index contributed by atoms with van der Waals surface area (Å²) < 4.78 is 7.51. The molecule has 1 aliphatic rings. The molecular weight excluding hydrogens is 454 g/mol. The molecule has 4 rings (SSSR count). The molecule has 0 radical (unpaired) electrons. The molecule has 0 amide bonds. The van der Waals surface area contributed by atoms with Gasteiger partial charge in [-0.2, -0.15) is 0 Å². The van der Waals surface area contributed by atoms with Gasteiger partial charge in [0.15, 0.2) is 5.11 Å². The van der Waals surface area contributed by atoms with Crippen LogP contribution >= 0.6 is 12.2 Å². The van der Waals surface area contributed by atoms with Crippen molar-refractivity contribution >= 4 is 23.0 Å². The SMILES string of the molecule is COc1ccc([N+](=O)[O-])cc1-n1c(C)cc([C@H]2[C@H](c3ccccn3)NC(=S)N2CCCO)c1C. The Morgan fingerprint density at radius 1 is 1.26 bits per heavy atom. The smallest absolute Gasteiger partial charge is 0.271 e. The Balaban J connectivity index is 1.86. The van der Waals surface area contributed by atoms with E-state index in [0.717, 1.165) is 22.6 Å². The second-order valence-electron chi connectivity index (χ2n) is 8.17. The van der Waals surface area contributed by atoms with Gasteiger partial charge in [0.2, 0.25) is 0 Å². The number of thiocarbonyl (C=S) groups is 1. The molecule has 0 spiro atoms. The number of nitrogens with zero attached hydrogens (tertiary/aromatic N) is 4. The number of aliphatic hydroxyl groups is 1. The molecule has 1 fully saturated rings. The highest BCUT2D eigenvalue weighted by molar-refractivity contribution is 7.80. The molecule has 0 bridgehead atoms. The van der Waals surface area contributed by atoms with Crippen LogP contribution in [0.25, 0.3) is 5.69 Å². The van der Waals surface area contributed by atoms with Crippen LogP contribution in [-0.4, -0.2) is 49.9 Å². The topological polar surface area (TPSA) is 106 Å². The average Bonchev–Trinajstić information content (AvgIpc) is 3.32. The molecule has 0 unspecified atom stereocenters. The minimum Gasteiger partial charge on any atom is -0.495 e. The number of hydrogen-bond acceptors (Lipinski definition) is 6. The van der Waals surface area contributed by atoms with Gasteiger partial charge >= 0.3 is 0 Å². The standard InChI is InChI=1S/C24H27N5O4S/c1-15-13-18(16(2)28(15)20-14-17(29(31)32)8-9-21(20)33-3)23-22(19-7-4-5-10-25-19)26-24(34)27(23)11-6-12-30/h4-5,7-10,13-14,22-23,30H,6,11-12H2,1-3H3,(H,26,34)/t22-,23-/m0/s1. The zero-order chi connectivity index (χ0) is 24.4. The van der Waals surface area contributed by atoms with E-state index in [1.165, 1.54) is 12.1 Å². The minimum absolute atomic E-state index is 0.00973. The lowest BCUT2D eigenvalue weighted by molar-refractivity contribution is -0.384. The van der Waals surface area contributed by atoms with Crippen LogP contribution in [-0.2, 0) is 0 Å². The molecule has 1 aliphatic heterocycles. The number of nitro groups is 1. The maximum Gasteiger partial charge on any atom is 0.271 e. The first-order valence-electron chi connectivity index (χ1n) is 11.0. The Kier molecular flexibility index (Phi) is 6.80. The van der Waals surface area contributed by atoms with Crippen molar-refractivity contribution in [3.05, 3.63) is 81.4 Å². The summed E-state index contributed by atoms with van der Waals surface area (Å²) in [6, 6.07) is 12.1. The van der Waals surface area contributed by atoms with Crippen LogP contribution < -0.4 is 10.1 Å². The zero-order valence-corrected chi connectivity index (χ0v) is 20.1. The van der Waals surface area contributed by atoms with Gasteiger partial charge in [-0.05, 0) is 62.3 Å². The fourth-order valence-corrected chi connectivity index (χ4v) is 4.98. The minimum atomic E-state index is -0.412. The predicted octanol–water partition coefficient (Wildman–Crippen LogP) is 3.76. The molecule has 0 saturated carbocycles.